The first-order valence-electron chi connectivity index (χ1n) is 10.3. The third-order valence-electron chi connectivity index (χ3n) is 5.89. The van der Waals surface area contributed by atoms with Crippen LogP contribution in [-0.2, 0) is 11.2 Å². The second-order valence-corrected chi connectivity index (χ2v) is 8.08. The van der Waals surface area contributed by atoms with Gasteiger partial charge in [0.25, 0.3) is 0 Å². The summed E-state index contributed by atoms with van der Waals surface area (Å²) in [5.41, 5.74) is 9.64. The highest BCUT2D eigenvalue weighted by molar-refractivity contribution is 5.89. The third kappa shape index (κ3) is 5.45. The van der Waals surface area contributed by atoms with Gasteiger partial charge in [-0.05, 0) is 68.2 Å². The molecule has 0 bridgehead atoms. The fourth-order valence-electron chi connectivity index (χ4n) is 4.22. The monoisotopic (exact) mass is 378 g/mol. The molecular formula is C23H30N4O. The molecule has 0 heterocycles. The first-order valence-corrected chi connectivity index (χ1v) is 10.3. The highest BCUT2D eigenvalue weighted by atomic mass is 16.1. The summed E-state index contributed by atoms with van der Waals surface area (Å²) in [6.45, 7) is 2.96. The molecular weight excluding hydrogens is 348 g/mol. The van der Waals surface area contributed by atoms with E-state index in [1.54, 1.807) is 0 Å². The number of anilines is 1. The lowest BCUT2D eigenvalue weighted by molar-refractivity contribution is -0.117. The Morgan fingerprint density at radius 1 is 1.32 bits per heavy atom. The van der Waals surface area contributed by atoms with Crippen LogP contribution in [0.3, 0.4) is 0 Å². The van der Waals surface area contributed by atoms with Crippen LogP contribution < -0.4 is 11.1 Å². The van der Waals surface area contributed by atoms with Gasteiger partial charge >= 0.3 is 0 Å². The van der Waals surface area contributed by atoms with E-state index in [-0.39, 0.29) is 18.2 Å². The van der Waals surface area contributed by atoms with Crippen molar-refractivity contribution in [2.75, 3.05) is 11.9 Å². The fraction of sp³-hybridized carbons (Fsp3) is 0.522. The summed E-state index contributed by atoms with van der Waals surface area (Å²) in [4.78, 5) is 16.1. The molecule has 148 valence electrons. The molecule has 0 aliphatic heterocycles. The van der Waals surface area contributed by atoms with Crippen molar-refractivity contribution in [3.8, 4) is 6.07 Å². The number of hydrogen-bond acceptors (Lipinski definition) is 4. The summed E-state index contributed by atoms with van der Waals surface area (Å²) >= 11 is 0. The summed E-state index contributed by atoms with van der Waals surface area (Å²) in [5, 5.41) is 12.7. The number of primary amides is 1. The van der Waals surface area contributed by atoms with Gasteiger partial charge in [-0.15, -0.1) is 0 Å². The highest BCUT2D eigenvalue weighted by Gasteiger charge is 2.28. The molecule has 3 rings (SSSR count). The van der Waals surface area contributed by atoms with Gasteiger partial charge in [0.2, 0.25) is 5.91 Å². The number of hydrogen-bond donors (Lipinski definition) is 2. The second-order valence-electron chi connectivity index (χ2n) is 8.08. The number of nitriles is 1. The van der Waals surface area contributed by atoms with Crippen LogP contribution in [0.1, 0.15) is 51.0 Å². The lowest BCUT2D eigenvalue weighted by atomic mass is 10.0. The Kier molecular flexibility index (Phi) is 6.86. The molecule has 1 amide bonds. The van der Waals surface area contributed by atoms with E-state index in [2.05, 4.69) is 24.4 Å². The zero-order chi connectivity index (χ0) is 19.9. The van der Waals surface area contributed by atoms with Crippen molar-refractivity contribution >= 4 is 17.3 Å². The summed E-state index contributed by atoms with van der Waals surface area (Å²) in [6, 6.07) is 10.2. The molecule has 3 atom stereocenters. The third-order valence-corrected chi connectivity index (χ3v) is 5.89. The Morgan fingerprint density at radius 2 is 2.11 bits per heavy atom. The van der Waals surface area contributed by atoms with Gasteiger partial charge in [0.15, 0.2) is 0 Å². The number of aliphatic imine (C=N–C) groups is 1. The van der Waals surface area contributed by atoms with Gasteiger partial charge in [-0.25, -0.2) is 0 Å². The molecule has 5 heteroatoms. The van der Waals surface area contributed by atoms with Crippen LogP contribution in [0.2, 0.25) is 0 Å². The predicted molar refractivity (Wildman–Crippen MR) is 113 cm³/mol. The minimum Gasteiger partial charge on any atom is -0.381 e. The number of amides is 1. The van der Waals surface area contributed by atoms with Gasteiger partial charge in [0.1, 0.15) is 0 Å². The van der Waals surface area contributed by atoms with Crippen molar-refractivity contribution in [3.05, 3.63) is 41.6 Å². The molecule has 1 aromatic rings. The average Bonchev–Trinajstić information content (AvgIpc) is 3.31. The van der Waals surface area contributed by atoms with E-state index in [0.717, 1.165) is 42.6 Å². The molecule has 0 aromatic heterocycles. The molecule has 28 heavy (non-hydrogen) atoms. The van der Waals surface area contributed by atoms with Gasteiger partial charge < -0.3 is 11.1 Å². The van der Waals surface area contributed by atoms with E-state index < -0.39 is 0 Å². The zero-order valence-corrected chi connectivity index (χ0v) is 16.7. The zero-order valence-electron chi connectivity index (χ0n) is 16.7. The maximum atomic E-state index is 11.0. The van der Waals surface area contributed by atoms with Gasteiger partial charge in [0.05, 0.1) is 12.5 Å². The molecule has 2 aliphatic carbocycles. The smallest absolute Gasteiger partial charge is 0.221 e. The van der Waals surface area contributed by atoms with Gasteiger partial charge in [-0.1, -0.05) is 19.1 Å². The SMILES string of the molecule is CC1CCCC1=N/C(=C\CNc1ccc(CC(N)=O)cc1)C1CCC(C#N)C1. The largest absolute Gasteiger partial charge is 0.381 e. The first-order chi connectivity index (χ1) is 13.5. The Hall–Kier alpha value is -2.61. The van der Waals surface area contributed by atoms with Crippen LogP contribution in [0.5, 0.6) is 0 Å². The summed E-state index contributed by atoms with van der Waals surface area (Å²) in [6.07, 6.45) is 8.98. The van der Waals surface area contributed by atoms with Crippen molar-refractivity contribution in [1.29, 1.82) is 5.26 Å². The molecule has 0 spiro atoms. The van der Waals surface area contributed by atoms with Crippen molar-refractivity contribution in [3.63, 3.8) is 0 Å². The number of rotatable bonds is 7. The average molecular weight is 379 g/mol. The Balaban J connectivity index is 1.67. The summed E-state index contributed by atoms with van der Waals surface area (Å²) < 4.78 is 0. The normalized spacial score (nSPS) is 26.4. The van der Waals surface area contributed by atoms with Gasteiger partial charge in [-0.2, -0.15) is 5.26 Å². The number of nitrogens with zero attached hydrogens (tertiary/aromatic N) is 2. The Bertz CT molecular complexity index is 788. The molecule has 2 saturated carbocycles. The lowest BCUT2D eigenvalue weighted by Crippen LogP contribution is -2.13. The quantitative estimate of drug-likeness (QED) is 0.744. The van der Waals surface area contributed by atoms with E-state index in [0.29, 0.717) is 18.4 Å². The summed E-state index contributed by atoms with van der Waals surface area (Å²) in [7, 11) is 0. The van der Waals surface area contributed by atoms with E-state index in [9.17, 15) is 10.1 Å². The van der Waals surface area contributed by atoms with Crippen LogP contribution >= 0.6 is 0 Å². The molecule has 3 unspecified atom stereocenters. The van der Waals surface area contributed by atoms with E-state index in [1.807, 2.05) is 24.3 Å². The molecule has 1 aromatic carbocycles. The van der Waals surface area contributed by atoms with E-state index in [1.165, 1.54) is 18.6 Å². The number of carbonyl (C=O) groups excluding carboxylic acids is 1. The fourth-order valence-corrected chi connectivity index (χ4v) is 4.22. The minimum atomic E-state index is -0.319. The Morgan fingerprint density at radius 3 is 2.71 bits per heavy atom. The topological polar surface area (TPSA) is 91.3 Å². The van der Waals surface area contributed by atoms with Crippen molar-refractivity contribution < 1.29 is 4.79 Å². The van der Waals surface area contributed by atoms with Crippen molar-refractivity contribution in [1.82, 2.24) is 0 Å². The van der Waals surface area contributed by atoms with E-state index in [4.69, 9.17) is 10.7 Å². The second kappa shape index (κ2) is 9.54. The molecule has 5 nitrogen and oxygen atoms in total. The first kappa shape index (κ1) is 20.1. The molecule has 2 aliphatic rings. The molecule has 3 N–H and O–H groups in total. The number of allylic oxidation sites excluding steroid dienone is 1. The maximum absolute atomic E-state index is 11.0. The predicted octanol–water partition coefficient (Wildman–Crippen LogP) is 4.21. The van der Waals surface area contributed by atoms with Gasteiger partial charge in [0, 0.05) is 35.5 Å². The van der Waals surface area contributed by atoms with Crippen molar-refractivity contribution in [2.45, 2.75) is 51.9 Å². The molecule has 2 fully saturated rings. The maximum Gasteiger partial charge on any atom is 0.221 e. The van der Waals surface area contributed by atoms with Crippen LogP contribution in [0.25, 0.3) is 0 Å². The minimum absolute atomic E-state index is 0.167. The standard InChI is InChI=1S/C23H30N4O/c1-16-3-2-4-21(16)27-22(19-8-5-18(13-19)15-24)11-12-26-20-9-6-17(7-10-20)14-23(25)28/h6-7,9-11,16,18-19,26H,2-5,8,12-14H2,1H3,(H2,25,28)/b22-11-,27-21?. The summed E-state index contributed by atoms with van der Waals surface area (Å²) in [5.74, 6) is 0.813. The van der Waals surface area contributed by atoms with Crippen LogP contribution in [0.15, 0.2) is 41.0 Å². The number of carbonyl (C=O) groups is 1. The van der Waals surface area contributed by atoms with Crippen molar-refractivity contribution in [2.24, 2.45) is 28.5 Å². The lowest BCUT2D eigenvalue weighted by Gasteiger charge is -2.14. The molecule has 0 radical (unpaired) electrons. The van der Waals surface area contributed by atoms with Crippen LogP contribution in [0, 0.1) is 29.1 Å². The number of nitrogens with one attached hydrogen (secondary N) is 1. The van der Waals surface area contributed by atoms with Crippen LogP contribution in [-0.4, -0.2) is 18.2 Å². The number of benzene rings is 1. The Labute approximate surface area is 167 Å². The number of nitrogens with two attached hydrogens (primary N) is 1. The highest BCUT2D eigenvalue weighted by Crippen LogP contribution is 2.37. The van der Waals surface area contributed by atoms with Gasteiger partial charge in [-0.3, -0.25) is 9.79 Å². The molecule has 0 saturated heterocycles. The van der Waals surface area contributed by atoms with Crippen LogP contribution in [0.4, 0.5) is 5.69 Å². The van der Waals surface area contributed by atoms with E-state index >= 15 is 0 Å².